The van der Waals surface area contributed by atoms with Crippen molar-refractivity contribution in [3.05, 3.63) is 39.4 Å². The second kappa shape index (κ2) is 4.80. The summed E-state index contributed by atoms with van der Waals surface area (Å²) in [5, 5.41) is 24.1. The molecule has 1 heterocycles. The van der Waals surface area contributed by atoms with E-state index in [1.54, 1.807) is 14.0 Å². The minimum absolute atomic E-state index is 0.0377. The number of benzene rings is 1. The molecule has 0 saturated heterocycles. The minimum atomic E-state index is -0.535. The van der Waals surface area contributed by atoms with Gasteiger partial charge in [-0.2, -0.15) is 4.80 Å². The van der Waals surface area contributed by atoms with Crippen molar-refractivity contribution in [2.75, 3.05) is 5.32 Å². The summed E-state index contributed by atoms with van der Waals surface area (Å²) in [6, 6.07) is 4.21. The molecule has 0 bridgehead atoms. The smallest absolute Gasteiger partial charge is 0.273 e. The molecule has 0 aliphatic carbocycles. The highest BCUT2D eigenvalue weighted by atomic mass is 16.6. The normalized spacial score (nSPS) is 10.2. The van der Waals surface area contributed by atoms with Crippen LogP contribution in [0.15, 0.2) is 18.2 Å². The Hall–Kier alpha value is -2.84. The fourth-order valence-electron chi connectivity index (χ4n) is 1.46. The highest BCUT2D eigenvalue weighted by Crippen LogP contribution is 2.19. The number of carbonyl (C=O) groups is 1. The Labute approximate surface area is 107 Å². The molecule has 9 nitrogen and oxygen atoms in total. The summed E-state index contributed by atoms with van der Waals surface area (Å²) in [6.07, 6.45) is 0. The standard InChI is InChI=1S/C10H10N6O3/c1-6-3-4-7(5-8(6)16(18)19)9(17)11-10-12-14-15(2)13-10/h3-5H,1-2H3,(H,11,13,17). The molecule has 1 N–H and O–H groups in total. The fourth-order valence-corrected chi connectivity index (χ4v) is 1.46. The number of nitrogens with zero attached hydrogens (tertiary/aromatic N) is 5. The van der Waals surface area contributed by atoms with Crippen LogP contribution >= 0.6 is 0 Å². The lowest BCUT2D eigenvalue weighted by Gasteiger charge is -2.02. The number of nitro benzene ring substituents is 1. The topological polar surface area (TPSA) is 116 Å². The van der Waals surface area contributed by atoms with Crippen LogP contribution in [0.2, 0.25) is 0 Å². The number of amides is 1. The molecular formula is C10H10N6O3. The molecule has 0 aliphatic heterocycles. The maximum Gasteiger partial charge on any atom is 0.273 e. The maximum atomic E-state index is 11.9. The zero-order valence-electron chi connectivity index (χ0n) is 10.2. The van der Waals surface area contributed by atoms with E-state index in [1.807, 2.05) is 0 Å². The molecule has 0 spiro atoms. The molecule has 2 aromatic rings. The summed E-state index contributed by atoms with van der Waals surface area (Å²) in [7, 11) is 1.55. The molecule has 0 unspecified atom stereocenters. The van der Waals surface area contributed by atoms with E-state index in [2.05, 4.69) is 20.7 Å². The van der Waals surface area contributed by atoms with Gasteiger partial charge in [-0.25, -0.2) is 0 Å². The lowest BCUT2D eigenvalue weighted by Crippen LogP contribution is -2.13. The predicted octanol–water partition coefficient (Wildman–Crippen LogP) is 0.679. The molecule has 0 fully saturated rings. The van der Waals surface area contributed by atoms with Gasteiger partial charge in [-0.1, -0.05) is 11.2 Å². The van der Waals surface area contributed by atoms with Crippen LogP contribution in [-0.4, -0.2) is 31.0 Å². The van der Waals surface area contributed by atoms with Gasteiger partial charge in [0.1, 0.15) is 0 Å². The van der Waals surface area contributed by atoms with Crippen molar-refractivity contribution in [3.8, 4) is 0 Å². The third-order valence-corrected chi connectivity index (χ3v) is 2.40. The molecular weight excluding hydrogens is 252 g/mol. The van der Waals surface area contributed by atoms with Gasteiger partial charge in [0.2, 0.25) is 0 Å². The van der Waals surface area contributed by atoms with Crippen molar-refractivity contribution in [1.29, 1.82) is 0 Å². The van der Waals surface area contributed by atoms with E-state index in [0.717, 1.165) is 0 Å². The van der Waals surface area contributed by atoms with Crippen LogP contribution in [0.3, 0.4) is 0 Å². The third kappa shape index (κ3) is 2.70. The fraction of sp³-hybridized carbons (Fsp3) is 0.200. The third-order valence-electron chi connectivity index (χ3n) is 2.40. The van der Waals surface area contributed by atoms with E-state index in [9.17, 15) is 14.9 Å². The van der Waals surface area contributed by atoms with E-state index in [0.29, 0.717) is 5.56 Å². The Bertz CT molecular complexity index is 650. The largest absolute Gasteiger partial charge is 0.288 e. The predicted molar refractivity (Wildman–Crippen MR) is 64.6 cm³/mol. The Morgan fingerprint density at radius 3 is 2.79 bits per heavy atom. The molecule has 1 aromatic heterocycles. The van der Waals surface area contributed by atoms with Gasteiger partial charge in [0.15, 0.2) is 0 Å². The van der Waals surface area contributed by atoms with Crippen molar-refractivity contribution in [1.82, 2.24) is 20.2 Å². The Balaban J connectivity index is 2.24. The number of hydrogen-bond donors (Lipinski definition) is 1. The van der Waals surface area contributed by atoms with E-state index < -0.39 is 10.8 Å². The number of nitrogens with one attached hydrogen (secondary N) is 1. The molecule has 9 heteroatoms. The molecule has 98 valence electrons. The summed E-state index contributed by atoms with van der Waals surface area (Å²) in [4.78, 5) is 23.3. The minimum Gasteiger partial charge on any atom is -0.288 e. The molecule has 1 amide bonds. The molecule has 1 aromatic carbocycles. The SMILES string of the molecule is Cc1ccc(C(=O)Nc2nnn(C)n2)cc1[N+](=O)[O-]. The maximum absolute atomic E-state index is 11.9. The first kappa shape index (κ1) is 12.6. The first-order chi connectivity index (χ1) is 8.97. The van der Waals surface area contributed by atoms with E-state index >= 15 is 0 Å². The van der Waals surface area contributed by atoms with Gasteiger partial charge in [0.25, 0.3) is 17.5 Å². The first-order valence-corrected chi connectivity index (χ1v) is 5.28. The van der Waals surface area contributed by atoms with Crippen LogP contribution in [0.25, 0.3) is 0 Å². The van der Waals surface area contributed by atoms with Crippen molar-refractivity contribution in [2.24, 2.45) is 7.05 Å². The number of nitro groups is 1. The molecule has 0 saturated carbocycles. The second-order valence-electron chi connectivity index (χ2n) is 3.81. The lowest BCUT2D eigenvalue weighted by atomic mass is 10.1. The molecule has 0 radical (unpaired) electrons. The van der Waals surface area contributed by atoms with E-state index in [4.69, 9.17) is 0 Å². The van der Waals surface area contributed by atoms with Crippen LogP contribution in [-0.2, 0) is 7.05 Å². The first-order valence-electron chi connectivity index (χ1n) is 5.28. The number of hydrogen-bond acceptors (Lipinski definition) is 6. The average Bonchev–Trinajstić information content (AvgIpc) is 2.74. The Kier molecular flexibility index (Phi) is 3.19. The highest BCUT2D eigenvalue weighted by molar-refractivity contribution is 6.03. The van der Waals surface area contributed by atoms with Gasteiger partial charge in [0.05, 0.1) is 12.0 Å². The van der Waals surface area contributed by atoms with Crippen LogP contribution in [0, 0.1) is 17.0 Å². The van der Waals surface area contributed by atoms with Gasteiger partial charge in [-0.3, -0.25) is 20.2 Å². The summed E-state index contributed by atoms with van der Waals surface area (Å²) >= 11 is 0. The average molecular weight is 262 g/mol. The van der Waals surface area contributed by atoms with Crippen molar-refractivity contribution in [2.45, 2.75) is 6.92 Å². The number of tetrazole rings is 1. The second-order valence-corrected chi connectivity index (χ2v) is 3.81. The van der Waals surface area contributed by atoms with Crippen molar-refractivity contribution < 1.29 is 9.72 Å². The quantitative estimate of drug-likeness (QED) is 0.642. The monoisotopic (exact) mass is 262 g/mol. The van der Waals surface area contributed by atoms with Crippen LogP contribution in [0.4, 0.5) is 11.6 Å². The number of aryl methyl sites for hydroxylation is 2. The van der Waals surface area contributed by atoms with Crippen molar-refractivity contribution >= 4 is 17.5 Å². The van der Waals surface area contributed by atoms with Gasteiger partial charge in [-0.15, -0.1) is 5.10 Å². The Morgan fingerprint density at radius 1 is 1.47 bits per heavy atom. The number of aromatic nitrogens is 4. The van der Waals surface area contributed by atoms with Crippen LogP contribution in [0.5, 0.6) is 0 Å². The summed E-state index contributed by atoms with van der Waals surface area (Å²) < 4.78 is 0. The van der Waals surface area contributed by atoms with Crippen LogP contribution in [0.1, 0.15) is 15.9 Å². The number of carbonyl (C=O) groups excluding carboxylic acids is 1. The molecule has 0 aliphatic rings. The Morgan fingerprint density at radius 2 is 2.21 bits per heavy atom. The zero-order valence-corrected chi connectivity index (χ0v) is 10.2. The van der Waals surface area contributed by atoms with Crippen LogP contribution < -0.4 is 5.32 Å². The van der Waals surface area contributed by atoms with Gasteiger partial charge in [0, 0.05) is 17.2 Å². The van der Waals surface area contributed by atoms with Gasteiger partial charge >= 0.3 is 0 Å². The summed E-state index contributed by atoms with van der Waals surface area (Å²) in [6.45, 7) is 1.60. The number of anilines is 1. The zero-order chi connectivity index (χ0) is 14.0. The van der Waals surface area contributed by atoms with Gasteiger partial charge < -0.3 is 0 Å². The lowest BCUT2D eigenvalue weighted by molar-refractivity contribution is -0.385. The van der Waals surface area contributed by atoms with Gasteiger partial charge in [-0.05, 0) is 18.2 Å². The molecule has 19 heavy (non-hydrogen) atoms. The summed E-state index contributed by atoms with van der Waals surface area (Å²) in [5.41, 5.74) is 0.531. The van der Waals surface area contributed by atoms with E-state index in [1.165, 1.54) is 23.0 Å². The van der Waals surface area contributed by atoms with Crippen molar-refractivity contribution in [3.63, 3.8) is 0 Å². The molecule has 0 atom stereocenters. The summed E-state index contributed by atoms with van der Waals surface area (Å²) in [5.74, 6) is -0.494. The highest BCUT2D eigenvalue weighted by Gasteiger charge is 2.16. The van der Waals surface area contributed by atoms with E-state index in [-0.39, 0.29) is 17.2 Å². The number of rotatable bonds is 3. The molecule has 2 rings (SSSR count).